The zero-order valence-corrected chi connectivity index (χ0v) is 20.6. The van der Waals surface area contributed by atoms with Gasteiger partial charge in [0, 0.05) is 17.0 Å². The molecule has 4 aliphatic rings. The summed E-state index contributed by atoms with van der Waals surface area (Å²) in [5.41, 5.74) is 1.98. The molecule has 0 spiro atoms. The van der Waals surface area contributed by atoms with Crippen molar-refractivity contribution < 1.29 is 4.79 Å². The molecule has 6 rings (SSSR count). The van der Waals surface area contributed by atoms with E-state index in [9.17, 15) is 4.79 Å². The Hall–Kier alpha value is -1.10. The quantitative estimate of drug-likeness (QED) is 0.451. The molecule has 1 amide bonds. The van der Waals surface area contributed by atoms with Gasteiger partial charge in [0.2, 0.25) is 0 Å². The van der Waals surface area contributed by atoms with E-state index in [-0.39, 0.29) is 11.3 Å². The van der Waals surface area contributed by atoms with Crippen LogP contribution in [0.2, 0.25) is 10.0 Å². The molecular formula is C25H30Cl2N2OS. The second-order valence-corrected chi connectivity index (χ2v) is 11.8. The predicted octanol–water partition coefficient (Wildman–Crippen LogP) is 7.14. The first-order chi connectivity index (χ1) is 14.9. The minimum absolute atomic E-state index is 0.138. The normalized spacial score (nSPS) is 29.7. The standard InChI is InChI=1S/C25H30Cl2N2OS/c1-3-5-21-22(18-6-7-19(26)20(27)11-18)29(4-2)24(31-21)28-23(30)25-12-15-8-16(13-25)10-17(9-15)14-25/h6-7,11,15-17H,3-5,8-10,12-14H2,1-2H3. The smallest absolute Gasteiger partial charge is 0.254 e. The van der Waals surface area contributed by atoms with Crippen LogP contribution in [0, 0.1) is 23.2 Å². The van der Waals surface area contributed by atoms with Gasteiger partial charge in [-0.2, -0.15) is 4.99 Å². The molecule has 0 saturated heterocycles. The van der Waals surface area contributed by atoms with Crippen LogP contribution in [0.15, 0.2) is 23.2 Å². The van der Waals surface area contributed by atoms with Crippen LogP contribution in [0.5, 0.6) is 0 Å². The summed E-state index contributed by atoms with van der Waals surface area (Å²) in [4.78, 5) is 20.6. The number of carbonyl (C=O) groups is 1. The van der Waals surface area contributed by atoms with Gasteiger partial charge in [-0.1, -0.05) is 42.6 Å². The number of amides is 1. The molecule has 4 fully saturated rings. The molecule has 6 heteroatoms. The van der Waals surface area contributed by atoms with Crippen molar-refractivity contribution in [3.05, 3.63) is 37.9 Å². The number of aromatic nitrogens is 1. The summed E-state index contributed by atoms with van der Waals surface area (Å²) in [5.74, 6) is 2.37. The minimum atomic E-state index is -0.195. The van der Waals surface area contributed by atoms with Crippen LogP contribution in [-0.4, -0.2) is 10.5 Å². The molecule has 3 nitrogen and oxygen atoms in total. The molecule has 2 aromatic rings. The van der Waals surface area contributed by atoms with Crippen molar-refractivity contribution in [2.24, 2.45) is 28.2 Å². The van der Waals surface area contributed by atoms with Crippen molar-refractivity contribution in [2.45, 2.75) is 71.8 Å². The Balaban J connectivity index is 1.58. The van der Waals surface area contributed by atoms with Crippen molar-refractivity contribution >= 4 is 40.4 Å². The molecule has 166 valence electrons. The fourth-order valence-corrected chi connectivity index (χ4v) is 8.38. The summed E-state index contributed by atoms with van der Waals surface area (Å²) in [5, 5.41) is 1.11. The summed E-state index contributed by atoms with van der Waals surface area (Å²) in [6.07, 6.45) is 9.18. The summed E-state index contributed by atoms with van der Waals surface area (Å²) in [6.45, 7) is 5.08. The highest BCUT2D eigenvalue weighted by atomic mass is 35.5. The van der Waals surface area contributed by atoms with Crippen LogP contribution >= 0.6 is 34.5 Å². The highest BCUT2D eigenvalue weighted by molar-refractivity contribution is 7.09. The highest BCUT2D eigenvalue weighted by Gasteiger charge is 2.54. The second-order valence-electron chi connectivity index (χ2n) is 9.89. The fourth-order valence-electron chi connectivity index (χ4n) is 6.77. The first kappa shape index (κ1) is 21.7. The molecule has 31 heavy (non-hydrogen) atoms. The number of rotatable bonds is 5. The third-order valence-electron chi connectivity index (χ3n) is 7.65. The largest absolute Gasteiger partial charge is 0.316 e. The first-order valence-corrected chi connectivity index (χ1v) is 13.3. The van der Waals surface area contributed by atoms with Gasteiger partial charge < -0.3 is 4.57 Å². The summed E-state index contributed by atoms with van der Waals surface area (Å²) in [7, 11) is 0. The van der Waals surface area contributed by atoms with E-state index >= 15 is 0 Å². The molecule has 4 aliphatic carbocycles. The lowest BCUT2D eigenvalue weighted by atomic mass is 9.49. The lowest BCUT2D eigenvalue weighted by Gasteiger charge is -2.55. The molecule has 1 heterocycles. The maximum atomic E-state index is 13.6. The SMILES string of the molecule is CCCc1sc(=NC(=O)C23CC4CC(CC(C4)C2)C3)n(CC)c1-c1ccc(Cl)c(Cl)c1. The van der Waals surface area contributed by atoms with Gasteiger partial charge in [0.15, 0.2) is 4.80 Å². The van der Waals surface area contributed by atoms with Gasteiger partial charge in [0.1, 0.15) is 0 Å². The summed E-state index contributed by atoms with van der Waals surface area (Å²) >= 11 is 14.2. The number of hydrogen-bond acceptors (Lipinski definition) is 2. The number of aryl methyl sites for hydroxylation is 1. The fraction of sp³-hybridized carbons (Fsp3) is 0.600. The average molecular weight is 478 g/mol. The third kappa shape index (κ3) is 3.83. The molecule has 0 radical (unpaired) electrons. The molecular weight excluding hydrogens is 447 g/mol. The predicted molar refractivity (Wildman–Crippen MR) is 129 cm³/mol. The lowest BCUT2D eigenvalue weighted by molar-refractivity contribution is -0.142. The van der Waals surface area contributed by atoms with Crippen LogP contribution in [0.3, 0.4) is 0 Å². The maximum absolute atomic E-state index is 13.6. The molecule has 1 aromatic carbocycles. The third-order valence-corrected chi connectivity index (χ3v) is 9.53. The molecule has 0 N–H and O–H groups in total. The second kappa shape index (κ2) is 8.35. The van der Waals surface area contributed by atoms with E-state index in [0.29, 0.717) is 10.0 Å². The zero-order valence-electron chi connectivity index (χ0n) is 18.3. The first-order valence-electron chi connectivity index (χ1n) is 11.7. The Kier molecular flexibility index (Phi) is 5.85. The monoisotopic (exact) mass is 476 g/mol. The maximum Gasteiger partial charge on any atom is 0.254 e. The van der Waals surface area contributed by atoms with Gasteiger partial charge in [0.25, 0.3) is 5.91 Å². The van der Waals surface area contributed by atoms with Crippen LogP contribution in [0.1, 0.15) is 63.7 Å². The number of thiazole rings is 1. The number of benzene rings is 1. The van der Waals surface area contributed by atoms with Crippen molar-refractivity contribution in [1.29, 1.82) is 0 Å². The van der Waals surface area contributed by atoms with Gasteiger partial charge in [-0.15, -0.1) is 11.3 Å². The Morgan fingerprint density at radius 1 is 1.10 bits per heavy atom. The van der Waals surface area contributed by atoms with Crippen molar-refractivity contribution in [3.63, 3.8) is 0 Å². The van der Waals surface area contributed by atoms with E-state index in [0.717, 1.165) is 72.5 Å². The lowest BCUT2D eigenvalue weighted by Crippen LogP contribution is -2.49. The van der Waals surface area contributed by atoms with Gasteiger partial charge >= 0.3 is 0 Å². The zero-order chi connectivity index (χ0) is 21.8. The molecule has 4 saturated carbocycles. The van der Waals surface area contributed by atoms with Crippen LogP contribution < -0.4 is 4.80 Å². The number of hydrogen-bond donors (Lipinski definition) is 0. The van der Waals surface area contributed by atoms with E-state index < -0.39 is 0 Å². The van der Waals surface area contributed by atoms with Crippen LogP contribution in [-0.2, 0) is 17.8 Å². The molecule has 0 atom stereocenters. The number of carbonyl (C=O) groups excluding carboxylic acids is 1. The van der Waals surface area contributed by atoms with E-state index in [4.69, 9.17) is 28.2 Å². The van der Waals surface area contributed by atoms with E-state index in [1.165, 1.54) is 24.1 Å². The van der Waals surface area contributed by atoms with Crippen molar-refractivity contribution in [1.82, 2.24) is 4.57 Å². The molecule has 1 aromatic heterocycles. The van der Waals surface area contributed by atoms with Gasteiger partial charge in [-0.3, -0.25) is 4.79 Å². The van der Waals surface area contributed by atoms with E-state index in [1.807, 2.05) is 18.2 Å². The Bertz CT molecular complexity index is 1050. The van der Waals surface area contributed by atoms with Crippen LogP contribution in [0.25, 0.3) is 11.3 Å². The van der Waals surface area contributed by atoms with Crippen molar-refractivity contribution in [2.75, 3.05) is 0 Å². The van der Waals surface area contributed by atoms with E-state index in [2.05, 4.69) is 18.4 Å². The molecule has 0 aliphatic heterocycles. The number of halogens is 2. The average Bonchev–Trinajstić information content (AvgIpc) is 3.06. The van der Waals surface area contributed by atoms with Crippen molar-refractivity contribution in [3.8, 4) is 11.3 Å². The Labute approximate surface area is 198 Å². The van der Waals surface area contributed by atoms with Crippen LogP contribution in [0.4, 0.5) is 0 Å². The topological polar surface area (TPSA) is 34.4 Å². The number of nitrogens with zero attached hydrogens (tertiary/aromatic N) is 2. The molecule has 4 bridgehead atoms. The van der Waals surface area contributed by atoms with Gasteiger partial charge in [-0.25, -0.2) is 0 Å². The summed E-state index contributed by atoms with van der Waals surface area (Å²) in [6, 6.07) is 5.80. The van der Waals surface area contributed by atoms with Gasteiger partial charge in [0.05, 0.1) is 21.2 Å². The summed E-state index contributed by atoms with van der Waals surface area (Å²) < 4.78 is 2.20. The Morgan fingerprint density at radius 3 is 2.29 bits per heavy atom. The minimum Gasteiger partial charge on any atom is -0.316 e. The molecule has 0 unspecified atom stereocenters. The van der Waals surface area contributed by atoms with E-state index in [1.54, 1.807) is 11.3 Å². The highest BCUT2D eigenvalue weighted by Crippen LogP contribution is 2.60. The van der Waals surface area contributed by atoms with Gasteiger partial charge in [-0.05, 0) is 81.8 Å². The Morgan fingerprint density at radius 2 is 1.74 bits per heavy atom.